The van der Waals surface area contributed by atoms with Gasteiger partial charge in [0.1, 0.15) is 0 Å². The lowest BCUT2D eigenvalue weighted by atomic mass is 10.1. The Kier molecular flexibility index (Phi) is 3.37. The van der Waals surface area contributed by atoms with Crippen LogP contribution in [0, 0.1) is 0 Å². The molecule has 0 bridgehead atoms. The molecule has 0 aromatic heterocycles. The number of anilines is 1. The fraction of sp³-hybridized carbons (Fsp3) is 0.300. The minimum Gasteiger partial charge on any atom is -0.399 e. The van der Waals surface area contributed by atoms with Crippen LogP contribution >= 0.6 is 11.8 Å². The van der Waals surface area contributed by atoms with Crippen molar-refractivity contribution >= 4 is 23.2 Å². The summed E-state index contributed by atoms with van der Waals surface area (Å²) in [4.78, 5) is 12.4. The normalized spacial score (nSPS) is 10.0. The van der Waals surface area contributed by atoms with Crippen molar-refractivity contribution in [3.8, 4) is 0 Å². The molecule has 0 atom stereocenters. The molecule has 1 rings (SSSR count). The van der Waals surface area contributed by atoms with E-state index in [2.05, 4.69) is 0 Å². The first-order valence-corrected chi connectivity index (χ1v) is 5.38. The van der Waals surface area contributed by atoms with Crippen LogP contribution in [0.2, 0.25) is 0 Å². The predicted molar refractivity (Wildman–Crippen MR) is 57.3 cm³/mol. The largest absolute Gasteiger partial charge is 0.399 e. The number of hydrogen-bond acceptors (Lipinski definition) is 3. The van der Waals surface area contributed by atoms with Crippen LogP contribution in [0.4, 0.5) is 5.69 Å². The third-order valence-electron chi connectivity index (χ3n) is 1.85. The highest BCUT2D eigenvalue weighted by atomic mass is 32.2. The molecule has 1 aromatic rings. The summed E-state index contributed by atoms with van der Waals surface area (Å²) in [5, 5.41) is 0. The molecule has 0 heterocycles. The Bertz CT molecular complexity index is 323. The number of Topliss-reactive ketones (excluding diaryl/α,β-unsaturated/α-hetero) is 1. The first-order chi connectivity index (χ1) is 6.19. The van der Waals surface area contributed by atoms with Gasteiger partial charge in [-0.3, -0.25) is 4.79 Å². The Balaban J connectivity index is 3.13. The number of nitrogens with two attached hydrogens (primary N) is 1. The molecule has 3 heteroatoms. The van der Waals surface area contributed by atoms with Gasteiger partial charge in [-0.1, -0.05) is 6.92 Å². The van der Waals surface area contributed by atoms with Crippen molar-refractivity contribution < 1.29 is 4.79 Å². The number of hydrogen-bond donors (Lipinski definition) is 1. The molecule has 0 aliphatic heterocycles. The van der Waals surface area contributed by atoms with E-state index in [9.17, 15) is 4.79 Å². The summed E-state index contributed by atoms with van der Waals surface area (Å²) in [7, 11) is 0. The fourth-order valence-electron chi connectivity index (χ4n) is 1.13. The Morgan fingerprint density at radius 1 is 1.54 bits per heavy atom. The minimum atomic E-state index is 0.171. The first-order valence-electron chi connectivity index (χ1n) is 4.15. The third-order valence-corrected chi connectivity index (χ3v) is 2.62. The molecule has 0 saturated heterocycles. The van der Waals surface area contributed by atoms with Crippen LogP contribution in [0.5, 0.6) is 0 Å². The summed E-state index contributed by atoms with van der Waals surface area (Å²) in [6.45, 7) is 1.86. The molecular weight excluding hydrogens is 182 g/mol. The van der Waals surface area contributed by atoms with Crippen molar-refractivity contribution in [2.75, 3.05) is 12.0 Å². The smallest absolute Gasteiger partial charge is 0.163 e. The van der Waals surface area contributed by atoms with Gasteiger partial charge in [0.05, 0.1) is 0 Å². The number of nitrogen functional groups attached to an aromatic ring is 1. The average molecular weight is 195 g/mol. The molecular formula is C10H13NOS. The molecule has 2 nitrogen and oxygen atoms in total. The minimum absolute atomic E-state index is 0.171. The van der Waals surface area contributed by atoms with E-state index in [1.165, 1.54) is 0 Å². The third kappa shape index (κ3) is 2.25. The lowest BCUT2D eigenvalue weighted by Gasteiger charge is -2.05. The average Bonchev–Trinajstić information content (AvgIpc) is 2.16. The van der Waals surface area contributed by atoms with Crippen LogP contribution in [0.3, 0.4) is 0 Å². The van der Waals surface area contributed by atoms with Crippen LogP contribution in [-0.2, 0) is 0 Å². The monoisotopic (exact) mass is 195 g/mol. The molecule has 0 fully saturated rings. The van der Waals surface area contributed by atoms with Gasteiger partial charge in [0, 0.05) is 22.6 Å². The second kappa shape index (κ2) is 4.33. The van der Waals surface area contributed by atoms with E-state index in [1.54, 1.807) is 23.9 Å². The van der Waals surface area contributed by atoms with Crippen molar-refractivity contribution in [1.29, 1.82) is 0 Å². The van der Waals surface area contributed by atoms with Gasteiger partial charge in [0.25, 0.3) is 0 Å². The second-order valence-corrected chi connectivity index (χ2v) is 3.58. The highest BCUT2D eigenvalue weighted by Crippen LogP contribution is 2.23. The summed E-state index contributed by atoms with van der Waals surface area (Å²) in [6, 6.07) is 5.41. The maximum atomic E-state index is 11.5. The number of carbonyl (C=O) groups is 1. The lowest BCUT2D eigenvalue weighted by Crippen LogP contribution is -1.99. The van der Waals surface area contributed by atoms with Crippen LogP contribution in [-0.4, -0.2) is 12.0 Å². The van der Waals surface area contributed by atoms with Gasteiger partial charge in [0.2, 0.25) is 0 Å². The SMILES string of the molecule is CCC(=O)c1ccc(N)cc1SC. The van der Waals surface area contributed by atoms with E-state index in [4.69, 9.17) is 5.73 Å². The summed E-state index contributed by atoms with van der Waals surface area (Å²) in [5.74, 6) is 0.171. The highest BCUT2D eigenvalue weighted by molar-refractivity contribution is 7.98. The summed E-state index contributed by atoms with van der Waals surface area (Å²) < 4.78 is 0. The van der Waals surface area contributed by atoms with E-state index in [-0.39, 0.29) is 5.78 Å². The van der Waals surface area contributed by atoms with Crippen LogP contribution in [0.1, 0.15) is 23.7 Å². The van der Waals surface area contributed by atoms with E-state index in [1.807, 2.05) is 19.2 Å². The van der Waals surface area contributed by atoms with Crippen molar-refractivity contribution in [2.24, 2.45) is 0 Å². The quantitative estimate of drug-likeness (QED) is 0.458. The maximum absolute atomic E-state index is 11.5. The van der Waals surface area contributed by atoms with Crippen molar-refractivity contribution in [2.45, 2.75) is 18.2 Å². The number of thioether (sulfide) groups is 1. The van der Waals surface area contributed by atoms with E-state index < -0.39 is 0 Å². The van der Waals surface area contributed by atoms with E-state index >= 15 is 0 Å². The molecule has 0 amide bonds. The summed E-state index contributed by atoms with van der Waals surface area (Å²) in [6.07, 6.45) is 2.48. The Labute approximate surface area is 82.5 Å². The second-order valence-electron chi connectivity index (χ2n) is 2.74. The molecule has 0 aliphatic carbocycles. The molecule has 0 spiro atoms. The molecule has 70 valence electrons. The van der Waals surface area contributed by atoms with Crippen molar-refractivity contribution in [3.05, 3.63) is 23.8 Å². The zero-order valence-electron chi connectivity index (χ0n) is 7.83. The van der Waals surface area contributed by atoms with Gasteiger partial charge in [-0.2, -0.15) is 0 Å². The molecule has 0 saturated carbocycles. The lowest BCUT2D eigenvalue weighted by molar-refractivity contribution is 0.0985. The molecule has 13 heavy (non-hydrogen) atoms. The first kappa shape index (κ1) is 10.1. The molecule has 0 unspecified atom stereocenters. The van der Waals surface area contributed by atoms with E-state index in [0.717, 1.165) is 10.5 Å². The van der Waals surface area contributed by atoms with Gasteiger partial charge in [-0.05, 0) is 24.5 Å². The standard InChI is InChI=1S/C10H13NOS/c1-3-9(12)8-5-4-7(11)6-10(8)13-2/h4-6H,3,11H2,1-2H3. The summed E-state index contributed by atoms with van der Waals surface area (Å²) in [5.41, 5.74) is 7.11. The molecule has 1 aromatic carbocycles. The maximum Gasteiger partial charge on any atom is 0.163 e. The topological polar surface area (TPSA) is 43.1 Å². The van der Waals surface area contributed by atoms with Gasteiger partial charge < -0.3 is 5.73 Å². The predicted octanol–water partition coefficient (Wildman–Crippen LogP) is 2.58. The zero-order chi connectivity index (χ0) is 9.84. The van der Waals surface area contributed by atoms with Crippen molar-refractivity contribution in [1.82, 2.24) is 0 Å². The fourth-order valence-corrected chi connectivity index (χ4v) is 1.78. The van der Waals surface area contributed by atoms with Gasteiger partial charge >= 0.3 is 0 Å². The number of carbonyl (C=O) groups excluding carboxylic acids is 1. The van der Waals surface area contributed by atoms with Crippen molar-refractivity contribution in [3.63, 3.8) is 0 Å². The molecule has 0 aliphatic rings. The van der Waals surface area contributed by atoms with Crippen LogP contribution < -0.4 is 5.73 Å². The Morgan fingerprint density at radius 2 is 2.23 bits per heavy atom. The van der Waals surface area contributed by atoms with Gasteiger partial charge in [-0.25, -0.2) is 0 Å². The number of benzene rings is 1. The highest BCUT2D eigenvalue weighted by Gasteiger charge is 2.08. The Hall–Kier alpha value is -0.960. The van der Waals surface area contributed by atoms with Gasteiger partial charge in [-0.15, -0.1) is 11.8 Å². The summed E-state index contributed by atoms with van der Waals surface area (Å²) >= 11 is 1.55. The van der Waals surface area contributed by atoms with Crippen LogP contribution in [0.15, 0.2) is 23.1 Å². The molecule has 0 radical (unpaired) electrons. The van der Waals surface area contributed by atoms with Crippen LogP contribution in [0.25, 0.3) is 0 Å². The number of ketones is 1. The Morgan fingerprint density at radius 3 is 2.77 bits per heavy atom. The van der Waals surface area contributed by atoms with E-state index in [0.29, 0.717) is 12.1 Å². The zero-order valence-corrected chi connectivity index (χ0v) is 8.65. The molecule has 2 N–H and O–H groups in total. The van der Waals surface area contributed by atoms with Gasteiger partial charge in [0.15, 0.2) is 5.78 Å². The number of rotatable bonds is 3.